The first-order chi connectivity index (χ1) is 16.4. The molecule has 1 aliphatic heterocycles. The van der Waals surface area contributed by atoms with E-state index in [9.17, 15) is 0 Å². The van der Waals surface area contributed by atoms with E-state index in [0.29, 0.717) is 29.9 Å². The van der Waals surface area contributed by atoms with Crippen molar-refractivity contribution in [1.29, 1.82) is 0 Å². The first-order valence-electron chi connectivity index (χ1n) is 10.7. The zero-order valence-electron chi connectivity index (χ0n) is 20.2. The van der Waals surface area contributed by atoms with Crippen LogP contribution in [0.5, 0.6) is 0 Å². The molecule has 0 aromatic heterocycles. The second-order valence-electron chi connectivity index (χ2n) is 7.35. The number of hydrogen-bond donors (Lipinski definition) is 1. The molecule has 2 aromatic carbocycles. The van der Waals surface area contributed by atoms with E-state index in [1.54, 1.807) is 26.4 Å². The van der Waals surface area contributed by atoms with Crippen molar-refractivity contribution in [3.63, 3.8) is 0 Å². The molecule has 34 heavy (non-hydrogen) atoms. The normalized spacial score (nSPS) is 18.7. The quantitative estimate of drug-likeness (QED) is 0.424. The van der Waals surface area contributed by atoms with Crippen LogP contribution in [0.4, 0.5) is 0 Å². The highest BCUT2D eigenvalue weighted by atomic mass is 35.5. The molecular weight excluding hydrogens is 499 g/mol. The van der Waals surface area contributed by atoms with Crippen molar-refractivity contribution in [1.82, 2.24) is 0 Å². The van der Waals surface area contributed by atoms with Gasteiger partial charge in [-0.2, -0.15) is 0 Å². The SMILES string of the molecule is CC#CC1CC(COCc2ccc(Cl)cc2Cl)OC1OC.CO.COCc1ccc(Cl)cc1C. The molecule has 0 bridgehead atoms. The minimum absolute atomic E-state index is 0.00752. The predicted octanol–water partition coefficient (Wildman–Crippen LogP) is 6.31. The summed E-state index contributed by atoms with van der Waals surface area (Å²) in [6.07, 6.45) is 0.533. The topological polar surface area (TPSA) is 57.2 Å². The van der Waals surface area contributed by atoms with Crippen LogP contribution in [-0.2, 0) is 32.2 Å². The number of hydrogen-bond acceptors (Lipinski definition) is 5. The molecule has 2 aromatic rings. The third kappa shape index (κ3) is 10.5. The lowest BCUT2D eigenvalue weighted by atomic mass is 10.1. The fourth-order valence-electron chi connectivity index (χ4n) is 3.29. The van der Waals surface area contributed by atoms with Gasteiger partial charge in [-0.05, 0) is 61.2 Å². The molecular formula is C26H33Cl3O5. The molecule has 1 saturated heterocycles. The Balaban J connectivity index is 0.000000374. The zero-order valence-corrected chi connectivity index (χ0v) is 22.5. The zero-order chi connectivity index (χ0) is 25.5. The Morgan fingerprint density at radius 2 is 1.65 bits per heavy atom. The summed E-state index contributed by atoms with van der Waals surface area (Å²) >= 11 is 17.7. The Labute approximate surface area is 218 Å². The van der Waals surface area contributed by atoms with E-state index in [2.05, 4.69) is 11.8 Å². The number of ether oxygens (including phenoxy) is 4. The van der Waals surface area contributed by atoms with E-state index in [1.165, 1.54) is 11.1 Å². The molecule has 0 aliphatic carbocycles. The number of aliphatic hydroxyl groups excluding tert-OH is 1. The Morgan fingerprint density at radius 3 is 2.21 bits per heavy atom. The molecule has 1 aliphatic rings. The van der Waals surface area contributed by atoms with Crippen LogP contribution in [0.1, 0.15) is 30.0 Å². The molecule has 0 radical (unpaired) electrons. The Bertz CT molecular complexity index is 926. The Kier molecular flexibility index (Phi) is 15.5. The maximum absolute atomic E-state index is 7.00. The van der Waals surface area contributed by atoms with E-state index >= 15 is 0 Å². The molecule has 3 unspecified atom stereocenters. The summed E-state index contributed by atoms with van der Waals surface area (Å²) in [6, 6.07) is 11.2. The van der Waals surface area contributed by atoms with E-state index in [4.69, 9.17) is 58.9 Å². The van der Waals surface area contributed by atoms with E-state index < -0.39 is 0 Å². The second kappa shape index (κ2) is 17.2. The highest BCUT2D eigenvalue weighted by Gasteiger charge is 2.34. The molecule has 1 fully saturated rings. The van der Waals surface area contributed by atoms with Gasteiger partial charge in [-0.25, -0.2) is 0 Å². The van der Waals surface area contributed by atoms with Crippen LogP contribution in [0.25, 0.3) is 0 Å². The van der Waals surface area contributed by atoms with Crippen LogP contribution >= 0.6 is 34.8 Å². The van der Waals surface area contributed by atoms with Crippen molar-refractivity contribution in [3.05, 3.63) is 68.2 Å². The first-order valence-corrected chi connectivity index (χ1v) is 11.8. The lowest BCUT2D eigenvalue weighted by Gasteiger charge is -2.13. The molecule has 188 valence electrons. The maximum atomic E-state index is 7.00. The van der Waals surface area contributed by atoms with Crippen LogP contribution in [-0.4, -0.2) is 45.4 Å². The predicted molar refractivity (Wildman–Crippen MR) is 138 cm³/mol. The third-order valence-electron chi connectivity index (χ3n) is 4.91. The largest absolute Gasteiger partial charge is 0.400 e. The van der Waals surface area contributed by atoms with Crippen molar-refractivity contribution < 1.29 is 24.1 Å². The summed E-state index contributed by atoms with van der Waals surface area (Å²) in [5, 5.41) is 9.01. The van der Waals surface area contributed by atoms with Crippen LogP contribution in [0, 0.1) is 24.7 Å². The molecule has 5 nitrogen and oxygen atoms in total. The number of aryl methyl sites for hydroxylation is 1. The van der Waals surface area contributed by atoms with Gasteiger partial charge < -0.3 is 24.1 Å². The van der Waals surface area contributed by atoms with Crippen LogP contribution in [0.2, 0.25) is 15.1 Å². The lowest BCUT2D eigenvalue weighted by molar-refractivity contribution is -0.137. The fraction of sp³-hybridized carbons (Fsp3) is 0.462. The third-order valence-corrected chi connectivity index (χ3v) is 5.74. The number of aliphatic hydroxyl groups is 1. The monoisotopic (exact) mass is 530 g/mol. The number of benzene rings is 2. The van der Waals surface area contributed by atoms with E-state index in [0.717, 1.165) is 24.1 Å². The molecule has 8 heteroatoms. The average Bonchev–Trinajstić information content (AvgIpc) is 3.21. The molecule has 1 N–H and O–H groups in total. The van der Waals surface area contributed by atoms with Gasteiger partial charge in [0.1, 0.15) is 0 Å². The van der Waals surface area contributed by atoms with Gasteiger partial charge in [0.25, 0.3) is 0 Å². The van der Waals surface area contributed by atoms with Crippen LogP contribution < -0.4 is 0 Å². The summed E-state index contributed by atoms with van der Waals surface area (Å²) in [6.45, 7) is 5.42. The van der Waals surface area contributed by atoms with Crippen molar-refractivity contribution in [2.45, 2.75) is 45.9 Å². The van der Waals surface area contributed by atoms with Crippen molar-refractivity contribution in [2.24, 2.45) is 5.92 Å². The standard InChI is InChI=1S/C16H18Cl2O3.C9H11ClO.CH4O/c1-3-4-11-7-14(21-16(11)19-2)10-20-9-12-5-6-13(17)8-15(12)18;1-7-5-9(10)4-3-8(7)6-11-2;1-2/h5-6,8,11,14,16H,7,9-10H2,1-2H3;3-5H,6H2,1-2H3;2H,1H3. The van der Waals surface area contributed by atoms with Gasteiger partial charge in [0.15, 0.2) is 6.29 Å². The summed E-state index contributed by atoms with van der Waals surface area (Å²) in [5.41, 5.74) is 3.28. The van der Waals surface area contributed by atoms with Crippen molar-refractivity contribution in [2.75, 3.05) is 27.9 Å². The summed E-state index contributed by atoms with van der Waals surface area (Å²) in [5.74, 6) is 6.12. The van der Waals surface area contributed by atoms with E-state index in [1.807, 2.05) is 38.1 Å². The van der Waals surface area contributed by atoms with E-state index in [-0.39, 0.29) is 18.3 Å². The van der Waals surface area contributed by atoms with Gasteiger partial charge in [-0.15, -0.1) is 5.92 Å². The number of rotatable bonds is 7. The Hall–Kier alpha value is -1.33. The fourth-order valence-corrected chi connectivity index (χ4v) is 3.98. The summed E-state index contributed by atoms with van der Waals surface area (Å²) in [7, 11) is 4.32. The second-order valence-corrected chi connectivity index (χ2v) is 8.63. The summed E-state index contributed by atoms with van der Waals surface area (Å²) < 4.78 is 21.7. The maximum Gasteiger partial charge on any atom is 0.171 e. The molecule has 0 spiro atoms. The van der Waals surface area contributed by atoms with Crippen molar-refractivity contribution >= 4 is 34.8 Å². The van der Waals surface area contributed by atoms with Crippen LogP contribution in [0.3, 0.4) is 0 Å². The number of methoxy groups -OCH3 is 2. The molecule has 0 saturated carbocycles. The lowest BCUT2D eigenvalue weighted by Crippen LogP contribution is -2.19. The molecule has 3 rings (SSSR count). The van der Waals surface area contributed by atoms with Crippen molar-refractivity contribution in [3.8, 4) is 11.8 Å². The van der Waals surface area contributed by atoms with Gasteiger partial charge >= 0.3 is 0 Å². The van der Waals surface area contributed by atoms with Gasteiger partial charge in [-0.1, -0.05) is 52.9 Å². The Morgan fingerprint density at radius 1 is 1.00 bits per heavy atom. The van der Waals surface area contributed by atoms with Gasteiger partial charge in [-0.3, -0.25) is 0 Å². The molecule has 1 heterocycles. The van der Waals surface area contributed by atoms with Gasteiger partial charge in [0, 0.05) is 36.4 Å². The smallest absolute Gasteiger partial charge is 0.171 e. The first kappa shape index (κ1) is 30.7. The van der Waals surface area contributed by atoms with Gasteiger partial charge in [0.05, 0.1) is 31.8 Å². The minimum Gasteiger partial charge on any atom is -0.400 e. The summed E-state index contributed by atoms with van der Waals surface area (Å²) in [4.78, 5) is 0. The molecule has 0 amide bonds. The van der Waals surface area contributed by atoms with Crippen LogP contribution in [0.15, 0.2) is 36.4 Å². The highest BCUT2D eigenvalue weighted by Crippen LogP contribution is 2.27. The average molecular weight is 532 g/mol. The highest BCUT2D eigenvalue weighted by molar-refractivity contribution is 6.35. The van der Waals surface area contributed by atoms with Gasteiger partial charge in [0.2, 0.25) is 0 Å². The molecule has 3 atom stereocenters. The number of halogens is 3. The minimum atomic E-state index is -0.273.